The van der Waals surface area contributed by atoms with E-state index in [0.29, 0.717) is 24.1 Å². The van der Waals surface area contributed by atoms with E-state index in [1.54, 1.807) is 31.2 Å². The highest BCUT2D eigenvalue weighted by atomic mass is 32.2. The van der Waals surface area contributed by atoms with Crippen molar-refractivity contribution in [3.63, 3.8) is 0 Å². The molecule has 8 heteroatoms. The first-order chi connectivity index (χ1) is 11.1. The summed E-state index contributed by atoms with van der Waals surface area (Å²) < 4.78 is 25.3. The summed E-state index contributed by atoms with van der Waals surface area (Å²) in [6.45, 7) is 1.73. The molecule has 0 heterocycles. The Morgan fingerprint density at radius 3 is 2.42 bits per heavy atom. The van der Waals surface area contributed by atoms with E-state index in [-0.39, 0.29) is 12.3 Å². The molecule has 0 spiro atoms. The molecule has 2 rings (SSSR count). The Morgan fingerprint density at radius 2 is 1.92 bits per heavy atom. The molecule has 0 aromatic heterocycles. The summed E-state index contributed by atoms with van der Waals surface area (Å²) in [5.74, 6) is -1.28. The van der Waals surface area contributed by atoms with E-state index >= 15 is 0 Å². The van der Waals surface area contributed by atoms with Crippen LogP contribution in [0.5, 0.6) is 0 Å². The van der Waals surface area contributed by atoms with E-state index in [2.05, 4.69) is 10.0 Å². The quantitative estimate of drug-likeness (QED) is 0.692. The zero-order valence-corrected chi connectivity index (χ0v) is 14.5. The minimum atomic E-state index is -3.44. The van der Waals surface area contributed by atoms with Crippen molar-refractivity contribution in [2.24, 2.45) is 5.41 Å². The number of amides is 1. The van der Waals surface area contributed by atoms with Crippen LogP contribution in [0.3, 0.4) is 0 Å². The van der Waals surface area contributed by atoms with Crippen molar-refractivity contribution >= 4 is 27.6 Å². The molecule has 1 aromatic rings. The van der Waals surface area contributed by atoms with Gasteiger partial charge in [0.2, 0.25) is 15.9 Å². The molecule has 7 nitrogen and oxygen atoms in total. The van der Waals surface area contributed by atoms with Crippen LogP contribution in [-0.4, -0.2) is 31.7 Å². The first-order valence-electron chi connectivity index (χ1n) is 7.72. The van der Waals surface area contributed by atoms with E-state index in [0.717, 1.165) is 12.7 Å². The van der Waals surface area contributed by atoms with Crippen LogP contribution in [0.2, 0.25) is 0 Å². The number of nitrogens with one attached hydrogen (secondary N) is 2. The Labute approximate surface area is 141 Å². The Hall–Kier alpha value is -2.09. The van der Waals surface area contributed by atoms with Gasteiger partial charge in [-0.2, -0.15) is 0 Å². The van der Waals surface area contributed by atoms with Crippen LogP contribution in [0, 0.1) is 5.41 Å². The van der Waals surface area contributed by atoms with Gasteiger partial charge in [-0.3, -0.25) is 14.3 Å². The summed E-state index contributed by atoms with van der Waals surface area (Å²) in [7, 11) is -3.44. The molecular formula is C16H22N2O5S. The molecule has 0 aliphatic heterocycles. The van der Waals surface area contributed by atoms with Gasteiger partial charge in [0.05, 0.1) is 23.4 Å². The third-order valence-corrected chi connectivity index (χ3v) is 4.95. The third-order valence-electron chi connectivity index (χ3n) is 4.36. The minimum absolute atomic E-state index is 0.0612. The molecule has 1 fully saturated rings. The Bertz CT molecular complexity index is 741. The monoisotopic (exact) mass is 354 g/mol. The zero-order valence-electron chi connectivity index (χ0n) is 13.7. The van der Waals surface area contributed by atoms with Gasteiger partial charge in [0.1, 0.15) is 0 Å². The second kappa shape index (κ2) is 6.80. The number of anilines is 1. The highest BCUT2D eigenvalue weighted by molar-refractivity contribution is 7.92. The van der Waals surface area contributed by atoms with Gasteiger partial charge in [0.25, 0.3) is 0 Å². The summed E-state index contributed by atoms with van der Waals surface area (Å²) in [5.41, 5.74) is 0.0626. The predicted molar refractivity (Wildman–Crippen MR) is 90.0 cm³/mol. The van der Waals surface area contributed by atoms with E-state index in [4.69, 9.17) is 0 Å². The fourth-order valence-corrected chi connectivity index (χ4v) is 3.50. The first-order valence-corrected chi connectivity index (χ1v) is 9.62. The second-order valence-electron chi connectivity index (χ2n) is 6.37. The standard InChI is InChI=1S/C16H22N2O5S/c1-11(12-6-3-4-7-13(12)18-24(2,22)23)17-14(19)10-16(15(20)21)8-5-9-16/h3-4,6-7,11,18H,5,8-10H2,1-2H3,(H,17,19)(H,20,21). The number of carbonyl (C=O) groups excluding carboxylic acids is 1. The van der Waals surface area contributed by atoms with Crippen LogP contribution in [-0.2, 0) is 19.6 Å². The van der Waals surface area contributed by atoms with Crippen molar-refractivity contribution in [2.75, 3.05) is 11.0 Å². The summed E-state index contributed by atoms with van der Waals surface area (Å²) in [6.07, 6.45) is 2.83. The molecule has 1 aliphatic carbocycles. The van der Waals surface area contributed by atoms with Crippen molar-refractivity contribution in [1.29, 1.82) is 0 Å². The lowest BCUT2D eigenvalue weighted by Gasteiger charge is -2.37. The maximum Gasteiger partial charge on any atom is 0.310 e. The van der Waals surface area contributed by atoms with E-state index in [9.17, 15) is 23.1 Å². The zero-order chi connectivity index (χ0) is 18.0. The third kappa shape index (κ3) is 4.25. The number of rotatable bonds is 7. The highest BCUT2D eigenvalue weighted by Gasteiger charge is 2.46. The van der Waals surface area contributed by atoms with Gasteiger partial charge in [-0.15, -0.1) is 0 Å². The lowest BCUT2D eigenvalue weighted by Crippen LogP contribution is -2.43. The summed E-state index contributed by atoms with van der Waals surface area (Å²) >= 11 is 0. The van der Waals surface area contributed by atoms with Crippen LogP contribution in [0.4, 0.5) is 5.69 Å². The van der Waals surface area contributed by atoms with Gasteiger partial charge < -0.3 is 10.4 Å². The van der Waals surface area contributed by atoms with Crippen LogP contribution >= 0.6 is 0 Å². The number of para-hydroxylation sites is 1. The van der Waals surface area contributed by atoms with Crippen molar-refractivity contribution in [3.05, 3.63) is 29.8 Å². The summed E-state index contributed by atoms with van der Waals surface area (Å²) in [4.78, 5) is 23.6. The van der Waals surface area contributed by atoms with Crippen LogP contribution in [0.1, 0.15) is 44.2 Å². The largest absolute Gasteiger partial charge is 0.481 e. The molecule has 1 aromatic carbocycles. The van der Waals surface area contributed by atoms with Crippen molar-refractivity contribution in [3.8, 4) is 0 Å². The maximum absolute atomic E-state index is 12.2. The van der Waals surface area contributed by atoms with Gasteiger partial charge in [-0.25, -0.2) is 8.42 Å². The number of carboxylic acid groups (broad SMARTS) is 1. The number of hydrogen-bond donors (Lipinski definition) is 3. The van der Waals surface area contributed by atoms with Crippen molar-refractivity contribution in [1.82, 2.24) is 5.32 Å². The number of carboxylic acids is 1. The fraction of sp³-hybridized carbons (Fsp3) is 0.500. The van der Waals surface area contributed by atoms with Crippen LogP contribution in [0.15, 0.2) is 24.3 Å². The number of hydrogen-bond acceptors (Lipinski definition) is 4. The number of benzene rings is 1. The molecule has 0 radical (unpaired) electrons. The predicted octanol–water partition coefficient (Wildman–Crippen LogP) is 1.88. The van der Waals surface area contributed by atoms with Crippen molar-refractivity contribution < 1.29 is 23.1 Å². The normalized spacial score (nSPS) is 17.4. The smallest absolute Gasteiger partial charge is 0.310 e. The Kier molecular flexibility index (Phi) is 5.17. The topological polar surface area (TPSA) is 113 Å². The fourth-order valence-electron chi connectivity index (χ4n) is 2.91. The molecule has 0 saturated heterocycles. The van der Waals surface area contributed by atoms with E-state index in [1.807, 2.05) is 0 Å². The lowest BCUT2D eigenvalue weighted by atomic mass is 9.66. The van der Waals surface area contributed by atoms with Gasteiger partial charge in [-0.05, 0) is 31.4 Å². The highest BCUT2D eigenvalue weighted by Crippen LogP contribution is 2.44. The molecule has 24 heavy (non-hydrogen) atoms. The molecule has 3 N–H and O–H groups in total. The Balaban J connectivity index is 2.08. The molecule has 1 aliphatic rings. The molecule has 132 valence electrons. The van der Waals surface area contributed by atoms with Gasteiger partial charge in [-0.1, -0.05) is 24.6 Å². The lowest BCUT2D eigenvalue weighted by molar-refractivity contribution is -0.157. The Morgan fingerprint density at radius 1 is 1.29 bits per heavy atom. The van der Waals surface area contributed by atoms with Crippen LogP contribution < -0.4 is 10.0 Å². The van der Waals surface area contributed by atoms with Gasteiger partial charge >= 0.3 is 5.97 Å². The molecule has 1 unspecified atom stereocenters. The number of carbonyl (C=O) groups is 2. The van der Waals surface area contributed by atoms with E-state index < -0.39 is 27.4 Å². The second-order valence-corrected chi connectivity index (χ2v) is 8.11. The average Bonchev–Trinajstić information content (AvgIpc) is 2.41. The number of sulfonamides is 1. The first kappa shape index (κ1) is 18.3. The molecular weight excluding hydrogens is 332 g/mol. The van der Waals surface area contributed by atoms with Crippen LogP contribution in [0.25, 0.3) is 0 Å². The SMILES string of the molecule is CC(NC(=O)CC1(C(=O)O)CCC1)c1ccccc1NS(C)(=O)=O. The summed E-state index contributed by atoms with van der Waals surface area (Å²) in [6, 6.07) is 6.32. The molecule has 1 amide bonds. The maximum atomic E-state index is 12.2. The average molecular weight is 354 g/mol. The van der Waals surface area contributed by atoms with Gasteiger partial charge in [0, 0.05) is 6.42 Å². The minimum Gasteiger partial charge on any atom is -0.481 e. The molecule has 1 saturated carbocycles. The summed E-state index contributed by atoms with van der Waals surface area (Å²) in [5, 5.41) is 12.1. The number of aliphatic carboxylic acids is 1. The molecule has 0 bridgehead atoms. The van der Waals surface area contributed by atoms with Crippen molar-refractivity contribution in [2.45, 2.75) is 38.6 Å². The van der Waals surface area contributed by atoms with Gasteiger partial charge in [0.15, 0.2) is 0 Å². The van der Waals surface area contributed by atoms with E-state index in [1.165, 1.54) is 0 Å². The molecule has 1 atom stereocenters.